The second-order valence-electron chi connectivity index (χ2n) is 2.65. The zero-order valence-corrected chi connectivity index (χ0v) is 5.89. The molecule has 2 nitrogen and oxygen atoms in total. The molecule has 1 aromatic rings. The predicted octanol–water partition coefficient (Wildman–Crippen LogP) is 1.32. The summed E-state index contributed by atoms with van der Waals surface area (Å²) in [6.45, 7) is 2.02. The molecule has 0 aromatic carbocycles. The fraction of sp³-hybridized carbons (Fsp3) is 0.500. The van der Waals surface area contributed by atoms with Crippen LogP contribution in [0.3, 0.4) is 0 Å². The minimum atomic E-state index is 0.905. The smallest absolute Gasteiger partial charge is 0.120 e. The quantitative estimate of drug-likeness (QED) is 0.583. The van der Waals surface area contributed by atoms with E-state index in [1.807, 2.05) is 0 Å². The first kappa shape index (κ1) is 5.98. The van der Waals surface area contributed by atoms with Crippen LogP contribution in [0.4, 0.5) is 0 Å². The highest BCUT2D eigenvalue weighted by Gasteiger charge is 2.08. The molecule has 10 heavy (non-hydrogen) atoms. The van der Waals surface area contributed by atoms with Crippen molar-refractivity contribution in [1.29, 1.82) is 0 Å². The van der Waals surface area contributed by atoms with Gasteiger partial charge >= 0.3 is 0 Å². The lowest BCUT2D eigenvalue weighted by Gasteiger charge is -1.94. The molecule has 2 heterocycles. The van der Waals surface area contributed by atoms with Crippen molar-refractivity contribution in [2.75, 3.05) is 6.54 Å². The fourth-order valence-corrected chi connectivity index (χ4v) is 1.35. The maximum atomic E-state index is 5.27. The van der Waals surface area contributed by atoms with Crippen LogP contribution < -0.4 is 5.32 Å². The van der Waals surface area contributed by atoms with Crippen molar-refractivity contribution < 1.29 is 4.42 Å². The Morgan fingerprint density at radius 2 is 2.50 bits per heavy atom. The molecule has 2 rings (SSSR count). The van der Waals surface area contributed by atoms with Gasteiger partial charge in [-0.3, -0.25) is 0 Å². The van der Waals surface area contributed by atoms with Gasteiger partial charge in [-0.15, -0.1) is 0 Å². The van der Waals surface area contributed by atoms with Crippen LogP contribution in [0.2, 0.25) is 0 Å². The van der Waals surface area contributed by atoms with Crippen molar-refractivity contribution in [3.63, 3.8) is 0 Å². The Hall–Kier alpha value is -0.760. The van der Waals surface area contributed by atoms with Crippen molar-refractivity contribution in [3.8, 4) is 0 Å². The van der Waals surface area contributed by atoms with Crippen LogP contribution in [0.25, 0.3) is 0 Å². The molecule has 0 unspecified atom stereocenters. The van der Waals surface area contributed by atoms with E-state index >= 15 is 0 Å². The van der Waals surface area contributed by atoms with Gasteiger partial charge in [0.25, 0.3) is 0 Å². The van der Waals surface area contributed by atoms with Crippen LogP contribution in [0.5, 0.6) is 0 Å². The molecular weight excluding hydrogens is 126 g/mol. The topological polar surface area (TPSA) is 25.2 Å². The van der Waals surface area contributed by atoms with Crippen molar-refractivity contribution in [1.82, 2.24) is 5.32 Å². The molecule has 0 atom stereocenters. The van der Waals surface area contributed by atoms with E-state index in [9.17, 15) is 0 Å². The molecule has 1 aromatic heterocycles. The third-order valence-corrected chi connectivity index (χ3v) is 1.92. The molecule has 54 valence electrons. The molecule has 0 saturated heterocycles. The van der Waals surface area contributed by atoms with Crippen LogP contribution in [0.1, 0.15) is 17.7 Å². The van der Waals surface area contributed by atoms with Gasteiger partial charge in [0, 0.05) is 0 Å². The van der Waals surface area contributed by atoms with Gasteiger partial charge in [-0.05, 0) is 31.0 Å². The number of rotatable bonds is 0. The molecular formula is C8H11NO. The SMILES string of the molecule is c1cc2c(o1)CNCCC2. The Bertz CT molecular complexity index is 196. The van der Waals surface area contributed by atoms with E-state index in [0.717, 1.165) is 18.8 Å². The molecule has 0 amide bonds. The summed E-state index contributed by atoms with van der Waals surface area (Å²) in [6.07, 6.45) is 4.17. The van der Waals surface area contributed by atoms with Crippen LogP contribution in [0.15, 0.2) is 16.7 Å². The van der Waals surface area contributed by atoms with E-state index in [-0.39, 0.29) is 0 Å². The molecule has 0 saturated carbocycles. The van der Waals surface area contributed by atoms with E-state index in [4.69, 9.17) is 4.42 Å². The highest BCUT2D eigenvalue weighted by Crippen LogP contribution is 2.14. The summed E-state index contributed by atoms with van der Waals surface area (Å²) >= 11 is 0. The Balaban J connectivity index is 2.28. The monoisotopic (exact) mass is 137 g/mol. The van der Waals surface area contributed by atoms with E-state index in [0.29, 0.717) is 0 Å². The van der Waals surface area contributed by atoms with E-state index in [2.05, 4.69) is 11.4 Å². The van der Waals surface area contributed by atoms with Gasteiger partial charge in [-0.2, -0.15) is 0 Å². The first-order valence-electron chi connectivity index (χ1n) is 3.73. The summed E-state index contributed by atoms with van der Waals surface area (Å²) in [5, 5.41) is 3.30. The highest BCUT2D eigenvalue weighted by molar-refractivity contribution is 5.17. The number of furan rings is 1. The lowest BCUT2D eigenvalue weighted by Crippen LogP contribution is -2.11. The van der Waals surface area contributed by atoms with Gasteiger partial charge < -0.3 is 9.73 Å². The fourth-order valence-electron chi connectivity index (χ4n) is 1.35. The number of aryl methyl sites for hydroxylation is 1. The molecule has 0 fully saturated rings. The Morgan fingerprint density at radius 3 is 3.50 bits per heavy atom. The maximum absolute atomic E-state index is 5.27. The minimum absolute atomic E-state index is 0.905. The molecule has 0 spiro atoms. The predicted molar refractivity (Wildman–Crippen MR) is 38.7 cm³/mol. The molecule has 0 radical (unpaired) electrons. The van der Waals surface area contributed by atoms with Gasteiger partial charge in [0.1, 0.15) is 5.76 Å². The van der Waals surface area contributed by atoms with Crippen LogP contribution >= 0.6 is 0 Å². The standard InChI is InChI=1S/C8H11NO/c1-2-7-3-5-10-8(7)6-9-4-1/h3,5,9H,1-2,4,6H2. The lowest BCUT2D eigenvalue weighted by molar-refractivity contribution is 0.488. The lowest BCUT2D eigenvalue weighted by atomic mass is 10.1. The van der Waals surface area contributed by atoms with E-state index < -0.39 is 0 Å². The molecule has 1 aliphatic heterocycles. The summed E-state index contributed by atoms with van der Waals surface area (Å²) in [5.41, 5.74) is 1.38. The number of nitrogens with one attached hydrogen (secondary N) is 1. The van der Waals surface area contributed by atoms with Crippen LogP contribution in [-0.2, 0) is 13.0 Å². The summed E-state index contributed by atoms with van der Waals surface area (Å²) in [5.74, 6) is 1.12. The zero-order chi connectivity index (χ0) is 6.81. The largest absolute Gasteiger partial charge is 0.468 e. The number of hydrogen-bond donors (Lipinski definition) is 1. The van der Waals surface area contributed by atoms with Crippen molar-refractivity contribution in [3.05, 3.63) is 23.7 Å². The molecule has 1 aliphatic rings. The Morgan fingerprint density at radius 1 is 1.50 bits per heavy atom. The Labute approximate surface area is 60.2 Å². The van der Waals surface area contributed by atoms with Gasteiger partial charge in [0.05, 0.1) is 12.8 Å². The van der Waals surface area contributed by atoms with Gasteiger partial charge in [0.2, 0.25) is 0 Å². The highest BCUT2D eigenvalue weighted by atomic mass is 16.3. The second kappa shape index (κ2) is 2.46. The summed E-state index contributed by atoms with van der Waals surface area (Å²) < 4.78 is 5.27. The van der Waals surface area contributed by atoms with Crippen LogP contribution in [0, 0.1) is 0 Å². The van der Waals surface area contributed by atoms with Crippen LogP contribution in [-0.4, -0.2) is 6.54 Å². The normalized spacial score (nSPS) is 18.0. The van der Waals surface area contributed by atoms with E-state index in [1.54, 1.807) is 6.26 Å². The third kappa shape index (κ3) is 0.948. The third-order valence-electron chi connectivity index (χ3n) is 1.92. The first-order valence-corrected chi connectivity index (χ1v) is 3.73. The van der Waals surface area contributed by atoms with Crippen molar-refractivity contribution in [2.24, 2.45) is 0 Å². The second-order valence-corrected chi connectivity index (χ2v) is 2.65. The number of fused-ring (bicyclic) bond motifs is 1. The molecule has 1 N–H and O–H groups in total. The average molecular weight is 137 g/mol. The summed E-state index contributed by atoms with van der Waals surface area (Å²) in [7, 11) is 0. The van der Waals surface area contributed by atoms with Crippen molar-refractivity contribution >= 4 is 0 Å². The van der Waals surface area contributed by atoms with Gasteiger partial charge in [0.15, 0.2) is 0 Å². The van der Waals surface area contributed by atoms with E-state index in [1.165, 1.54) is 18.4 Å². The van der Waals surface area contributed by atoms with Gasteiger partial charge in [-0.25, -0.2) is 0 Å². The number of hydrogen-bond acceptors (Lipinski definition) is 2. The molecule has 2 heteroatoms. The summed E-state index contributed by atoms with van der Waals surface area (Å²) in [4.78, 5) is 0. The molecule has 0 bridgehead atoms. The zero-order valence-electron chi connectivity index (χ0n) is 5.89. The summed E-state index contributed by atoms with van der Waals surface area (Å²) in [6, 6.07) is 2.07. The minimum Gasteiger partial charge on any atom is -0.468 e. The average Bonchev–Trinajstić information content (AvgIpc) is 2.28. The first-order chi connectivity index (χ1) is 4.97. The Kier molecular flexibility index (Phi) is 1.47. The molecule has 0 aliphatic carbocycles. The van der Waals surface area contributed by atoms with Gasteiger partial charge in [-0.1, -0.05) is 0 Å². The van der Waals surface area contributed by atoms with Crippen molar-refractivity contribution in [2.45, 2.75) is 19.4 Å². The maximum Gasteiger partial charge on any atom is 0.120 e.